The van der Waals surface area contributed by atoms with Crippen molar-refractivity contribution in [2.75, 3.05) is 40.5 Å². The molecule has 4 bridgehead atoms. The van der Waals surface area contributed by atoms with E-state index in [1.165, 1.54) is 62.1 Å². The molecule has 4 aliphatic rings. The van der Waals surface area contributed by atoms with Crippen LogP contribution in [0.15, 0.2) is 97.1 Å². The summed E-state index contributed by atoms with van der Waals surface area (Å²) in [4.78, 5) is 55.5. The fraction of sp³-hybridized carbons (Fsp3) is 0.448. The highest BCUT2D eigenvalue weighted by atomic mass is 16.6. The highest BCUT2D eigenvalue weighted by Gasteiger charge is 2.43. The lowest BCUT2D eigenvalue weighted by molar-refractivity contribution is -0.158. The summed E-state index contributed by atoms with van der Waals surface area (Å²) >= 11 is 0. The Labute approximate surface area is 431 Å². The number of piperidine rings is 2. The first-order chi connectivity index (χ1) is 36.2. The average molecular weight is 1010 g/mol. The van der Waals surface area contributed by atoms with E-state index in [0.29, 0.717) is 83.3 Å². The normalized spacial score (nSPS) is 21.5. The second-order valence-electron chi connectivity index (χ2n) is 20.2. The molecule has 6 aromatic rings. The Morgan fingerprint density at radius 2 is 0.946 bits per heavy atom. The number of nitrogens with one attached hydrogen (secondary N) is 2. The molecule has 0 saturated carbocycles. The number of nitrogens with zero attached hydrogens (tertiary/aromatic N) is 4. The minimum absolute atomic E-state index is 0.228. The molecule has 0 radical (unpaired) electrons. The van der Waals surface area contributed by atoms with Gasteiger partial charge in [0.25, 0.3) is 0 Å². The number of hydrogen-bond donors (Lipinski definition) is 2. The van der Waals surface area contributed by atoms with E-state index in [1.807, 2.05) is 12.1 Å². The topological polar surface area (TPSA) is 188 Å². The maximum atomic E-state index is 12.7. The zero-order valence-electron chi connectivity index (χ0n) is 42.3. The summed E-state index contributed by atoms with van der Waals surface area (Å²) in [5.74, 6) is -0.790. The van der Waals surface area contributed by atoms with Crippen LogP contribution in [0.4, 0.5) is 0 Å². The van der Waals surface area contributed by atoms with Gasteiger partial charge in [-0.25, -0.2) is 9.59 Å². The van der Waals surface area contributed by atoms with Gasteiger partial charge in [-0.3, -0.25) is 29.6 Å². The average Bonchev–Trinajstić information content (AvgIpc) is 4.15. The molecule has 4 unspecified atom stereocenters. The molecule has 4 aromatic carbocycles. The Balaban J connectivity index is 0.596. The first-order valence-corrected chi connectivity index (χ1v) is 26.3. The predicted molar refractivity (Wildman–Crippen MR) is 277 cm³/mol. The first-order valence-electron chi connectivity index (χ1n) is 26.3. The van der Waals surface area contributed by atoms with Crippen molar-refractivity contribution in [2.24, 2.45) is 0 Å². The number of unbranched alkanes of at least 4 members (excludes halogenated alkanes) is 2. The van der Waals surface area contributed by atoms with Gasteiger partial charge in [0, 0.05) is 70.3 Å². The smallest absolute Gasteiger partial charge is 0.338 e. The summed E-state index contributed by atoms with van der Waals surface area (Å²) in [6.07, 6.45) is 14.4. The van der Waals surface area contributed by atoms with E-state index in [2.05, 4.69) is 66.6 Å². The van der Waals surface area contributed by atoms with Crippen molar-refractivity contribution >= 4 is 45.7 Å². The number of benzene rings is 4. The van der Waals surface area contributed by atoms with E-state index in [-0.39, 0.29) is 12.8 Å². The molecule has 0 spiro atoms. The molecule has 2 N–H and O–H groups in total. The lowest BCUT2D eigenvalue weighted by atomic mass is 9.86. The van der Waals surface area contributed by atoms with Gasteiger partial charge in [-0.05, 0) is 138 Å². The third kappa shape index (κ3) is 11.8. The number of methoxy groups -OCH3 is 2. The molecule has 0 amide bonds. The van der Waals surface area contributed by atoms with Crippen molar-refractivity contribution in [2.45, 2.75) is 126 Å². The van der Waals surface area contributed by atoms with Gasteiger partial charge in [0.1, 0.15) is 0 Å². The second-order valence-corrected chi connectivity index (χ2v) is 20.2. The number of aromatic amines is 2. The standard InChI is InChI=1S/C58H66N6O10/c1-69-51-29-37(15-21-49(51)71-27-9-7-25-63-41-17-18-42(63)34-39(33-41)57-45-11-3-5-13-47(45)59-61-57)31-55(67)73-53(65)23-24-54(66)74-56(68)32-38-16-22-50(52(30-38)70-2)72-28-10-8-26-64-43-19-20-44(64)36-40(35-43)58-46-12-4-6-14-48(46)60-62-58/h3-6,11-16,21-24,29-30,39-44H,7-10,17-20,25-28,31-36H2,1-2H3,(H,59,61)(H,60,62)/b24-23+. The third-order valence-electron chi connectivity index (χ3n) is 15.6. The van der Waals surface area contributed by atoms with E-state index in [4.69, 9.17) is 28.4 Å². The Morgan fingerprint density at radius 3 is 1.35 bits per heavy atom. The molecule has 4 fully saturated rings. The van der Waals surface area contributed by atoms with E-state index in [9.17, 15) is 19.2 Å². The summed E-state index contributed by atoms with van der Waals surface area (Å²) in [5, 5.41) is 18.3. The molecule has 16 heteroatoms. The molecular weight excluding hydrogens is 941 g/mol. The first kappa shape index (κ1) is 50.5. The second kappa shape index (κ2) is 23.4. The summed E-state index contributed by atoms with van der Waals surface area (Å²) in [5.41, 5.74) is 5.73. The SMILES string of the molecule is COc1cc(CC(=O)OC(=O)/C=C/C(=O)OC(=O)Cc2ccc(OCCCCN3C4CCC3CC(c3[nH]nc5ccccc35)C4)c(OC)c2)ccc1OCCCCN1C2CCC1CC(c1[nH]nc3ccccc13)C2. The summed E-state index contributed by atoms with van der Waals surface area (Å²) in [7, 11) is 3.05. The fourth-order valence-corrected chi connectivity index (χ4v) is 12.2. The molecule has 2 aromatic heterocycles. The van der Waals surface area contributed by atoms with Crippen LogP contribution in [0.5, 0.6) is 23.0 Å². The number of rotatable bonds is 22. The minimum atomic E-state index is -1.08. The Kier molecular flexibility index (Phi) is 16.0. The van der Waals surface area contributed by atoms with E-state index >= 15 is 0 Å². The predicted octanol–water partition coefficient (Wildman–Crippen LogP) is 9.08. The molecule has 16 nitrogen and oxygen atoms in total. The molecule has 74 heavy (non-hydrogen) atoms. The van der Waals surface area contributed by atoms with Gasteiger partial charge in [0.05, 0.1) is 51.3 Å². The lowest BCUT2D eigenvalue weighted by Crippen LogP contribution is -2.42. The third-order valence-corrected chi connectivity index (χ3v) is 15.6. The maximum Gasteiger partial charge on any atom is 0.338 e. The van der Waals surface area contributed by atoms with Gasteiger partial charge in [-0.15, -0.1) is 0 Å². The summed E-state index contributed by atoms with van der Waals surface area (Å²) in [6.45, 7) is 3.12. The van der Waals surface area contributed by atoms with Crippen LogP contribution in [0.1, 0.15) is 111 Å². The van der Waals surface area contributed by atoms with Crippen LogP contribution in [-0.2, 0) is 41.5 Å². The monoisotopic (exact) mass is 1010 g/mol. The van der Waals surface area contributed by atoms with Crippen molar-refractivity contribution in [1.29, 1.82) is 0 Å². The van der Waals surface area contributed by atoms with Crippen LogP contribution < -0.4 is 18.9 Å². The van der Waals surface area contributed by atoms with Crippen LogP contribution in [0.25, 0.3) is 21.8 Å². The van der Waals surface area contributed by atoms with Crippen LogP contribution in [0, 0.1) is 0 Å². The molecular formula is C58H66N6O10. The van der Waals surface area contributed by atoms with Crippen LogP contribution >= 0.6 is 0 Å². The number of H-pyrrole nitrogens is 2. The zero-order chi connectivity index (χ0) is 51.0. The van der Waals surface area contributed by atoms with Crippen LogP contribution in [-0.4, -0.2) is 119 Å². The van der Waals surface area contributed by atoms with Gasteiger partial charge < -0.3 is 28.4 Å². The summed E-state index contributed by atoms with van der Waals surface area (Å²) < 4.78 is 33.1. The molecule has 4 aliphatic heterocycles. The van der Waals surface area contributed by atoms with Crippen molar-refractivity contribution in [3.05, 3.63) is 120 Å². The number of carbonyl (C=O) groups excluding carboxylic acids is 4. The minimum Gasteiger partial charge on any atom is -0.493 e. The van der Waals surface area contributed by atoms with Crippen molar-refractivity contribution < 1.29 is 47.6 Å². The van der Waals surface area contributed by atoms with Crippen molar-refractivity contribution in [1.82, 2.24) is 30.2 Å². The Bertz CT molecular complexity index is 2760. The quantitative estimate of drug-likeness (QED) is 0.0284. The fourth-order valence-electron chi connectivity index (χ4n) is 12.2. The number of fused-ring (bicyclic) bond motifs is 6. The number of para-hydroxylation sites is 2. The Morgan fingerprint density at radius 1 is 0.541 bits per heavy atom. The number of ether oxygens (including phenoxy) is 6. The van der Waals surface area contributed by atoms with E-state index < -0.39 is 23.9 Å². The van der Waals surface area contributed by atoms with Crippen molar-refractivity contribution in [3.63, 3.8) is 0 Å². The molecule has 10 rings (SSSR count). The van der Waals surface area contributed by atoms with Gasteiger partial charge >= 0.3 is 23.9 Å². The van der Waals surface area contributed by atoms with E-state index in [1.54, 1.807) is 36.4 Å². The number of carbonyl (C=O) groups is 4. The lowest BCUT2D eigenvalue weighted by Gasteiger charge is -2.38. The number of hydrogen-bond acceptors (Lipinski definition) is 14. The molecule has 0 aliphatic carbocycles. The molecule has 4 atom stereocenters. The van der Waals surface area contributed by atoms with E-state index in [0.717, 1.165) is 87.6 Å². The zero-order valence-corrected chi connectivity index (χ0v) is 42.3. The largest absolute Gasteiger partial charge is 0.493 e. The van der Waals surface area contributed by atoms with Gasteiger partial charge in [0.15, 0.2) is 23.0 Å². The molecule has 6 heterocycles. The number of esters is 4. The Hall–Kier alpha value is -7.04. The van der Waals surface area contributed by atoms with Gasteiger partial charge in [-0.1, -0.05) is 48.5 Å². The maximum absolute atomic E-state index is 12.7. The van der Waals surface area contributed by atoms with Gasteiger partial charge in [0.2, 0.25) is 0 Å². The highest BCUT2D eigenvalue weighted by Crippen LogP contribution is 2.45. The molecule has 4 saturated heterocycles. The van der Waals surface area contributed by atoms with Crippen molar-refractivity contribution in [3.8, 4) is 23.0 Å². The molecule has 388 valence electrons. The van der Waals surface area contributed by atoms with Crippen LogP contribution in [0.2, 0.25) is 0 Å². The van der Waals surface area contributed by atoms with Crippen LogP contribution in [0.3, 0.4) is 0 Å². The highest BCUT2D eigenvalue weighted by molar-refractivity contribution is 5.99. The number of aromatic nitrogens is 4. The summed E-state index contributed by atoms with van der Waals surface area (Å²) in [6, 6.07) is 29.3. The van der Waals surface area contributed by atoms with Gasteiger partial charge in [-0.2, -0.15) is 10.2 Å².